The van der Waals surface area contributed by atoms with Gasteiger partial charge in [0.1, 0.15) is 5.75 Å². The van der Waals surface area contributed by atoms with Crippen LogP contribution in [0.15, 0.2) is 65.5 Å². The lowest BCUT2D eigenvalue weighted by Gasteiger charge is -2.38. The number of ether oxygens (including phenoxy) is 1. The van der Waals surface area contributed by atoms with Crippen molar-refractivity contribution in [2.24, 2.45) is 0 Å². The van der Waals surface area contributed by atoms with E-state index in [0.29, 0.717) is 42.1 Å². The summed E-state index contributed by atoms with van der Waals surface area (Å²) in [5.41, 5.74) is 0.953. The van der Waals surface area contributed by atoms with Crippen molar-refractivity contribution in [3.05, 3.63) is 66.9 Å². The first-order chi connectivity index (χ1) is 17.0. The van der Waals surface area contributed by atoms with Gasteiger partial charge in [0.25, 0.3) is 0 Å². The maximum Gasteiger partial charge on any atom is 0.231 e. The Labute approximate surface area is 203 Å². The number of aliphatic hydroxyl groups is 1. The van der Waals surface area contributed by atoms with E-state index >= 15 is 0 Å². The van der Waals surface area contributed by atoms with E-state index in [1.165, 1.54) is 6.39 Å². The van der Waals surface area contributed by atoms with Crippen LogP contribution < -0.4 is 15.4 Å². The average Bonchev–Trinajstić information content (AvgIpc) is 3.44. The maximum atomic E-state index is 11.5. The average molecular weight is 474 g/mol. The Kier molecular flexibility index (Phi) is 6.41. The van der Waals surface area contributed by atoms with E-state index in [1.54, 1.807) is 20.2 Å². The molecule has 2 aromatic carbocycles. The van der Waals surface area contributed by atoms with Crippen molar-refractivity contribution in [3.63, 3.8) is 0 Å². The van der Waals surface area contributed by atoms with Gasteiger partial charge in [-0.25, -0.2) is 9.97 Å². The molecule has 10 nitrogen and oxygen atoms in total. The van der Waals surface area contributed by atoms with Crippen molar-refractivity contribution in [2.75, 3.05) is 38.6 Å². The third-order valence-electron chi connectivity index (χ3n) is 5.98. The smallest absolute Gasteiger partial charge is 0.231 e. The lowest BCUT2D eigenvalue weighted by atomic mass is 10.1. The van der Waals surface area contributed by atoms with Gasteiger partial charge in [-0.05, 0) is 19.1 Å². The Hall–Kier alpha value is -3.86. The zero-order valence-electron chi connectivity index (χ0n) is 19.6. The second-order valence-corrected chi connectivity index (χ2v) is 8.34. The Morgan fingerprint density at radius 2 is 1.89 bits per heavy atom. The number of hydrogen-bond donors (Lipinski definition) is 3. The van der Waals surface area contributed by atoms with Gasteiger partial charge in [-0.1, -0.05) is 30.3 Å². The number of aromatic nitrogens is 4. The third-order valence-corrected chi connectivity index (χ3v) is 5.98. The molecule has 10 heteroatoms. The fourth-order valence-corrected chi connectivity index (χ4v) is 4.05. The summed E-state index contributed by atoms with van der Waals surface area (Å²) in [6.45, 7) is 4.66. The molecule has 3 heterocycles. The van der Waals surface area contributed by atoms with Crippen LogP contribution in [0.4, 0.5) is 11.6 Å². The summed E-state index contributed by atoms with van der Waals surface area (Å²) in [6.07, 6.45) is 3.01. The number of nitrogens with zero attached hydrogens (tertiary/aromatic N) is 5. The molecule has 1 fully saturated rings. The molecule has 180 valence electrons. The van der Waals surface area contributed by atoms with Crippen molar-refractivity contribution in [2.45, 2.75) is 12.6 Å². The monoisotopic (exact) mass is 473 g/mol. The molecule has 0 amide bonds. The first kappa shape index (κ1) is 22.9. The first-order valence-electron chi connectivity index (χ1n) is 11.4. The Morgan fingerprint density at radius 1 is 1.09 bits per heavy atom. The van der Waals surface area contributed by atoms with Gasteiger partial charge in [-0.3, -0.25) is 4.90 Å². The SMILES string of the molecule is COc1cc(Nc2nc(-c3ccccc3)nc(C(C)(O)N3CCNCC3)n2)ccc1-c1cnco1. The highest BCUT2D eigenvalue weighted by molar-refractivity contribution is 5.71. The molecule has 0 radical (unpaired) electrons. The molecular formula is C25H27N7O3. The summed E-state index contributed by atoms with van der Waals surface area (Å²) in [4.78, 5) is 19.9. The number of methoxy groups -OCH3 is 1. The molecular weight excluding hydrogens is 446 g/mol. The van der Waals surface area contributed by atoms with Gasteiger partial charge in [0, 0.05) is 43.5 Å². The molecule has 5 rings (SSSR count). The molecule has 0 bridgehead atoms. The molecule has 0 aliphatic carbocycles. The number of benzene rings is 2. The topological polar surface area (TPSA) is 121 Å². The minimum atomic E-state index is -1.36. The van der Waals surface area contributed by atoms with E-state index in [2.05, 4.69) is 30.6 Å². The summed E-state index contributed by atoms with van der Waals surface area (Å²) in [5.74, 6) is 2.28. The molecule has 1 saturated heterocycles. The van der Waals surface area contributed by atoms with Crippen LogP contribution in [0.2, 0.25) is 0 Å². The van der Waals surface area contributed by atoms with Gasteiger partial charge in [0.2, 0.25) is 5.95 Å². The van der Waals surface area contributed by atoms with Crippen molar-refractivity contribution < 1.29 is 14.3 Å². The standard InChI is InChI=1S/C25H27N7O3/c1-25(33,32-12-10-26-11-13-32)23-29-22(17-6-4-3-5-7-17)30-24(31-23)28-18-8-9-19(20(14-18)34-2)21-15-27-16-35-21/h3-9,14-16,26,33H,10-13H2,1-2H3,(H,28,29,30,31). The van der Waals surface area contributed by atoms with E-state index in [0.717, 1.165) is 24.2 Å². The Balaban J connectivity index is 1.52. The second kappa shape index (κ2) is 9.79. The number of nitrogens with one attached hydrogen (secondary N) is 2. The normalized spacial score (nSPS) is 16.0. The number of anilines is 2. The fourth-order valence-electron chi connectivity index (χ4n) is 4.05. The van der Waals surface area contributed by atoms with Crippen molar-refractivity contribution in [1.82, 2.24) is 30.2 Å². The van der Waals surface area contributed by atoms with E-state index in [4.69, 9.17) is 9.15 Å². The van der Waals surface area contributed by atoms with Crippen LogP contribution in [0.5, 0.6) is 5.75 Å². The van der Waals surface area contributed by atoms with Crippen LogP contribution >= 0.6 is 0 Å². The molecule has 0 saturated carbocycles. The van der Waals surface area contributed by atoms with Gasteiger partial charge < -0.3 is 24.9 Å². The molecule has 0 spiro atoms. The minimum Gasteiger partial charge on any atom is -0.496 e. The predicted molar refractivity (Wildman–Crippen MR) is 131 cm³/mol. The highest BCUT2D eigenvalue weighted by Crippen LogP contribution is 2.33. The van der Waals surface area contributed by atoms with Crippen LogP contribution in [-0.2, 0) is 5.72 Å². The Bertz CT molecular complexity index is 1270. The lowest BCUT2D eigenvalue weighted by molar-refractivity contribution is -0.112. The van der Waals surface area contributed by atoms with Gasteiger partial charge in [-0.15, -0.1) is 0 Å². The number of oxazole rings is 1. The molecule has 1 unspecified atom stereocenters. The fraction of sp³-hybridized carbons (Fsp3) is 0.280. The quantitative estimate of drug-likeness (QED) is 0.369. The van der Waals surface area contributed by atoms with Crippen LogP contribution in [0.25, 0.3) is 22.7 Å². The molecule has 1 atom stereocenters. The third kappa shape index (κ3) is 4.85. The van der Waals surface area contributed by atoms with E-state index in [-0.39, 0.29) is 5.82 Å². The minimum absolute atomic E-state index is 0.279. The Morgan fingerprint density at radius 3 is 2.60 bits per heavy atom. The van der Waals surface area contributed by atoms with Crippen molar-refractivity contribution >= 4 is 11.6 Å². The van der Waals surface area contributed by atoms with Crippen molar-refractivity contribution in [1.29, 1.82) is 0 Å². The lowest BCUT2D eigenvalue weighted by Crippen LogP contribution is -2.53. The summed E-state index contributed by atoms with van der Waals surface area (Å²) >= 11 is 0. The predicted octanol–water partition coefficient (Wildman–Crippen LogP) is 3.02. The summed E-state index contributed by atoms with van der Waals surface area (Å²) in [6, 6.07) is 15.2. The van der Waals surface area contributed by atoms with Crippen LogP contribution in [-0.4, -0.2) is 63.2 Å². The summed E-state index contributed by atoms with van der Waals surface area (Å²) < 4.78 is 11.0. The van der Waals surface area contributed by atoms with E-state index in [9.17, 15) is 5.11 Å². The van der Waals surface area contributed by atoms with Gasteiger partial charge in [0.05, 0.1) is 18.9 Å². The van der Waals surface area contributed by atoms with Gasteiger partial charge in [-0.2, -0.15) is 9.97 Å². The van der Waals surface area contributed by atoms with Gasteiger partial charge in [0.15, 0.2) is 29.5 Å². The van der Waals surface area contributed by atoms with Crippen LogP contribution in [0, 0.1) is 0 Å². The first-order valence-corrected chi connectivity index (χ1v) is 11.4. The zero-order valence-corrected chi connectivity index (χ0v) is 19.6. The summed E-state index contributed by atoms with van der Waals surface area (Å²) in [5, 5.41) is 18.0. The molecule has 1 aliphatic rings. The number of piperazine rings is 1. The summed E-state index contributed by atoms with van der Waals surface area (Å²) in [7, 11) is 1.60. The van der Waals surface area contributed by atoms with Crippen molar-refractivity contribution in [3.8, 4) is 28.5 Å². The van der Waals surface area contributed by atoms with Crippen LogP contribution in [0.1, 0.15) is 12.7 Å². The molecule has 1 aliphatic heterocycles. The zero-order chi connectivity index (χ0) is 24.3. The highest BCUT2D eigenvalue weighted by atomic mass is 16.5. The van der Waals surface area contributed by atoms with Crippen LogP contribution in [0.3, 0.4) is 0 Å². The highest BCUT2D eigenvalue weighted by Gasteiger charge is 2.36. The molecule has 3 N–H and O–H groups in total. The molecule has 35 heavy (non-hydrogen) atoms. The van der Waals surface area contributed by atoms with E-state index < -0.39 is 5.72 Å². The second-order valence-electron chi connectivity index (χ2n) is 8.34. The van der Waals surface area contributed by atoms with Gasteiger partial charge >= 0.3 is 0 Å². The molecule has 2 aromatic heterocycles. The number of rotatable bonds is 7. The van der Waals surface area contributed by atoms with E-state index in [1.807, 2.05) is 53.4 Å². The number of hydrogen-bond acceptors (Lipinski definition) is 10. The largest absolute Gasteiger partial charge is 0.496 e. The maximum absolute atomic E-state index is 11.5. The molecule has 4 aromatic rings.